The number of rotatable bonds is 3. The van der Waals surface area contributed by atoms with Crippen molar-refractivity contribution in [3.8, 4) is 17.2 Å². The van der Waals surface area contributed by atoms with Gasteiger partial charge in [-0.25, -0.2) is 0 Å². The molecule has 3 heteroatoms. The second-order valence-electron chi connectivity index (χ2n) is 4.54. The molecule has 0 spiro atoms. The van der Waals surface area contributed by atoms with E-state index in [1.807, 2.05) is 37.3 Å². The van der Waals surface area contributed by atoms with Crippen molar-refractivity contribution in [2.45, 2.75) is 13.3 Å². The van der Waals surface area contributed by atoms with Crippen molar-refractivity contribution in [2.75, 3.05) is 12.3 Å². The van der Waals surface area contributed by atoms with Crippen LogP contribution in [-0.4, -0.2) is 11.7 Å². The Morgan fingerprint density at radius 2 is 1.89 bits per heavy atom. The van der Waals surface area contributed by atoms with E-state index in [1.165, 1.54) is 0 Å². The SMILES string of the molecule is Cc1cc(-c2ccc(CCO)cc2)c(N)cc1C#N. The number of nitriles is 1. The Kier molecular flexibility index (Phi) is 3.84. The van der Waals surface area contributed by atoms with Gasteiger partial charge in [-0.15, -0.1) is 0 Å². The van der Waals surface area contributed by atoms with Crippen molar-refractivity contribution in [1.82, 2.24) is 0 Å². The summed E-state index contributed by atoms with van der Waals surface area (Å²) >= 11 is 0. The molecule has 3 nitrogen and oxygen atoms in total. The van der Waals surface area contributed by atoms with E-state index in [1.54, 1.807) is 6.07 Å². The predicted molar refractivity (Wildman–Crippen MR) is 76.5 cm³/mol. The van der Waals surface area contributed by atoms with Gasteiger partial charge in [-0.2, -0.15) is 5.26 Å². The van der Waals surface area contributed by atoms with Gasteiger partial charge in [-0.05, 0) is 42.2 Å². The third-order valence-electron chi connectivity index (χ3n) is 3.18. The zero-order chi connectivity index (χ0) is 13.8. The summed E-state index contributed by atoms with van der Waals surface area (Å²) in [5.41, 5.74) is 11.2. The molecule has 0 amide bonds. The van der Waals surface area contributed by atoms with Crippen LogP contribution < -0.4 is 5.73 Å². The number of nitrogens with zero attached hydrogens (tertiary/aromatic N) is 1. The molecular weight excluding hydrogens is 236 g/mol. The maximum absolute atomic E-state index is 8.97. The molecule has 19 heavy (non-hydrogen) atoms. The highest BCUT2D eigenvalue weighted by atomic mass is 16.2. The van der Waals surface area contributed by atoms with Crippen LogP contribution in [0.15, 0.2) is 36.4 Å². The first-order chi connectivity index (χ1) is 9.15. The fourth-order valence-corrected chi connectivity index (χ4v) is 2.08. The second kappa shape index (κ2) is 5.55. The molecule has 0 atom stereocenters. The molecule has 0 radical (unpaired) electrons. The van der Waals surface area contributed by atoms with Gasteiger partial charge in [-0.1, -0.05) is 24.3 Å². The lowest BCUT2D eigenvalue weighted by Gasteiger charge is -2.09. The minimum atomic E-state index is 0.150. The number of hydrogen-bond acceptors (Lipinski definition) is 3. The van der Waals surface area contributed by atoms with Gasteiger partial charge >= 0.3 is 0 Å². The fraction of sp³-hybridized carbons (Fsp3) is 0.188. The van der Waals surface area contributed by atoms with Gasteiger partial charge in [0, 0.05) is 17.9 Å². The smallest absolute Gasteiger partial charge is 0.0995 e. The minimum absolute atomic E-state index is 0.150. The summed E-state index contributed by atoms with van der Waals surface area (Å²) in [6, 6.07) is 13.7. The van der Waals surface area contributed by atoms with Crippen molar-refractivity contribution >= 4 is 5.69 Å². The van der Waals surface area contributed by atoms with Crippen LogP contribution in [0.3, 0.4) is 0 Å². The van der Waals surface area contributed by atoms with E-state index in [2.05, 4.69) is 6.07 Å². The molecule has 0 bridgehead atoms. The molecule has 2 aromatic rings. The van der Waals surface area contributed by atoms with Crippen LogP contribution in [0.4, 0.5) is 5.69 Å². The van der Waals surface area contributed by atoms with Gasteiger partial charge in [0.05, 0.1) is 11.6 Å². The van der Waals surface area contributed by atoms with E-state index in [0.717, 1.165) is 22.3 Å². The van der Waals surface area contributed by atoms with Crippen LogP contribution in [0.25, 0.3) is 11.1 Å². The number of nitrogens with two attached hydrogens (primary N) is 1. The normalized spacial score (nSPS) is 10.2. The molecule has 3 N–H and O–H groups in total. The minimum Gasteiger partial charge on any atom is -0.398 e. The average Bonchev–Trinajstić information content (AvgIpc) is 2.42. The third kappa shape index (κ3) is 2.75. The Morgan fingerprint density at radius 1 is 1.21 bits per heavy atom. The lowest BCUT2D eigenvalue weighted by molar-refractivity contribution is 0.299. The molecular formula is C16H16N2O. The number of nitrogen functional groups attached to an aromatic ring is 1. The monoisotopic (exact) mass is 252 g/mol. The third-order valence-corrected chi connectivity index (χ3v) is 3.18. The molecule has 0 fully saturated rings. The Balaban J connectivity index is 2.42. The molecule has 0 saturated carbocycles. The summed E-state index contributed by atoms with van der Waals surface area (Å²) < 4.78 is 0. The van der Waals surface area contributed by atoms with Crippen LogP contribution in [0.2, 0.25) is 0 Å². The van der Waals surface area contributed by atoms with E-state index >= 15 is 0 Å². The van der Waals surface area contributed by atoms with E-state index < -0.39 is 0 Å². The van der Waals surface area contributed by atoms with Crippen molar-refractivity contribution in [2.24, 2.45) is 0 Å². The Bertz CT molecular complexity index is 624. The first-order valence-electron chi connectivity index (χ1n) is 6.16. The van der Waals surface area contributed by atoms with E-state index in [-0.39, 0.29) is 6.61 Å². The highest BCUT2D eigenvalue weighted by molar-refractivity contribution is 5.78. The highest BCUT2D eigenvalue weighted by Gasteiger charge is 2.07. The fourth-order valence-electron chi connectivity index (χ4n) is 2.08. The molecule has 2 rings (SSSR count). The molecule has 0 aliphatic rings. The van der Waals surface area contributed by atoms with Gasteiger partial charge in [-0.3, -0.25) is 0 Å². The van der Waals surface area contributed by atoms with Crippen LogP contribution in [0.1, 0.15) is 16.7 Å². The first-order valence-corrected chi connectivity index (χ1v) is 6.16. The molecule has 0 heterocycles. The summed E-state index contributed by atoms with van der Waals surface area (Å²) in [5.74, 6) is 0. The molecule has 0 aliphatic carbocycles. The average molecular weight is 252 g/mol. The van der Waals surface area contributed by atoms with E-state index in [0.29, 0.717) is 17.7 Å². The number of anilines is 1. The molecule has 0 unspecified atom stereocenters. The number of hydrogen-bond donors (Lipinski definition) is 2. The van der Waals surface area contributed by atoms with Gasteiger partial charge in [0.1, 0.15) is 0 Å². The van der Waals surface area contributed by atoms with Gasteiger partial charge in [0.2, 0.25) is 0 Å². The molecule has 96 valence electrons. The van der Waals surface area contributed by atoms with Gasteiger partial charge in [0.15, 0.2) is 0 Å². The van der Waals surface area contributed by atoms with Crippen LogP contribution in [0.5, 0.6) is 0 Å². The van der Waals surface area contributed by atoms with Gasteiger partial charge < -0.3 is 10.8 Å². The maximum Gasteiger partial charge on any atom is 0.0995 e. The summed E-state index contributed by atoms with van der Waals surface area (Å²) in [6.45, 7) is 2.05. The highest BCUT2D eigenvalue weighted by Crippen LogP contribution is 2.29. The number of aliphatic hydroxyl groups is 1. The Hall–Kier alpha value is -2.31. The van der Waals surface area contributed by atoms with Crippen LogP contribution >= 0.6 is 0 Å². The van der Waals surface area contributed by atoms with Crippen LogP contribution in [0, 0.1) is 18.3 Å². The number of benzene rings is 2. The quantitative estimate of drug-likeness (QED) is 0.825. The second-order valence-corrected chi connectivity index (χ2v) is 4.54. The van der Waals surface area contributed by atoms with Gasteiger partial charge in [0.25, 0.3) is 0 Å². The van der Waals surface area contributed by atoms with Crippen LogP contribution in [-0.2, 0) is 6.42 Å². The lowest BCUT2D eigenvalue weighted by Crippen LogP contribution is -1.95. The maximum atomic E-state index is 8.97. The first kappa shape index (κ1) is 13.1. The standard InChI is InChI=1S/C16H16N2O/c1-11-8-15(16(18)9-14(11)10-17)13-4-2-12(3-5-13)6-7-19/h2-5,8-9,19H,6-7,18H2,1H3. The zero-order valence-corrected chi connectivity index (χ0v) is 10.9. The van der Waals surface area contributed by atoms with Crippen molar-refractivity contribution in [3.05, 3.63) is 53.1 Å². The zero-order valence-electron chi connectivity index (χ0n) is 10.9. The largest absolute Gasteiger partial charge is 0.398 e. The molecule has 0 saturated heterocycles. The Morgan fingerprint density at radius 3 is 2.47 bits per heavy atom. The number of aliphatic hydroxyl groups excluding tert-OH is 1. The van der Waals surface area contributed by atoms with Crippen molar-refractivity contribution < 1.29 is 5.11 Å². The lowest BCUT2D eigenvalue weighted by atomic mass is 9.97. The summed E-state index contributed by atoms with van der Waals surface area (Å²) in [4.78, 5) is 0. The predicted octanol–water partition coefficient (Wildman–Crippen LogP) is 2.65. The summed E-state index contributed by atoms with van der Waals surface area (Å²) in [6.07, 6.45) is 0.655. The Labute approximate surface area is 112 Å². The topological polar surface area (TPSA) is 70.0 Å². The molecule has 0 aliphatic heterocycles. The molecule has 0 aromatic heterocycles. The molecule has 2 aromatic carbocycles. The van der Waals surface area contributed by atoms with Crippen molar-refractivity contribution in [1.29, 1.82) is 5.26 Å². The summed E-state index contributed by atoms with van der Waals surface area (Å²) in [7, 11) is 0. The van der Waals surface area contributed by atoms with Crippen molar-refractivity contribution in [3.63, 3.8) is 0 Å². The number of aryl methyl sites for hydroxylation is 1. The summed E-state index contributed by atoms with van der Waals surface area (Å²) in [5, 5.41) is 17.9. The van der Waals surface area contributed by atoms with E-state index in [9.17, 15) is 0 Å². The van der Waals surface area contributed by atoms with E-state index in [4.69, 9.17) is 16.1 Å².